The Morgan fingerprint density at radius 1 is 0.829 bits per heavy atom. The van der Waals surface area contributed by atoms with E-state index >= 15 is 0 Å². The fraction of sp³-hybridized carbons (Fsp3) is 0.185. The van der Waals surface area contributed by atoms with Gasteiger partial charge in [0.2, 0.25) is 5.91 Å². The second kappa shape index (κ2) is 10.5. The van der Waals surface area contributed by atoms with Crippen molar-refractivity contribution in [2.75, 3.05) is 0 Å². The van der Waals surface area contributed by atoms with Crippen LogP contribution >= 0.6 is 11.6 Å². The molecule has 0 aliphatic carbocycles. The van der Waals surface area contributed by atoms with Crippen LogP contribution in [0.15, 0.2) is 88.5 Å². The minimum Gasteiger partial charge on any atom is -0.344 e. The van der Waals surface area contributed by atoms with Gasteiger partial charge in [0.15, 0.2) is 5.78 Å². The lowest BCUT2D eigenvalue weighted by Gasteiger charge is -2.18. The van der Waals surface area contributed by atoms with Gasteiger partial charge < -0.3 is 5.32 Å². The second-order valence-electron chi connectivity index (χ2n) is 8.32. The van der Waals surface area contributed by atoms with Gasteiger partial charge in [-0.1, -0.05) is 72.3 Å². The first-order valence-electron chi connectivity index (χ1n) is 11.1. The zero-order chi connectivity index (χ0) is 24.9. The number of amides is 1. The fourth-order valence-electron chi connectivity index (χ4n) is 4.00. The number of Topliss-reactive ketones (excluding diaryl/α,β-unsaturated/α-hetero) is 1. The Labute approximate surface area is 206 Å². The highest BCUT2D eigenvalue weighted by Gasteiger charge is 2.20. The summed E-state index contributed by atoms with van der Waals surface area (Å²) in [6, 6.07) is 22.7. The van der Waals surface area contributed by atoms with Gasteiger partial charge in [-0.3, -0.25) is 28.3 Å². The maximum absolute atomic E-state index is 13.1. The third kappa shape index (κ3) is 5.58. The number of ketones is 1. The Morgan fingerprint density at radius 2 is 1.43 bits per heavy atom. The van der Waals surface area contributed by atoms with E-state index in [4.69, 9.17) is 11.6 Å². The monoisotopic (exact) mass is 489 g/mol. The van der Waals surface area contributed by atoms with Crippen LogP contribution in [0.25, 0.3) is 11.0 Å². The van der Waals surface area contributed by atoms with Gasteiger partial charge in [-0.05, 0) is 42.7 Å². The lowest BCUT2D eigenvalue weighted by Crippen LogP contribution is -2.47. The first kappa shape index (κ1) is 24.2. The van der Waals surface area contributed by atoms with Crippen LogP contribution < -0.4 is 16.4 Å². The summed E-state index contributed by atoms with van der Waals surface area (Å²) in [6.45, 7) is 1.18. The molecule has 178 valence electrons. The van der Waals surface area contributed by atoms with Crippen LogP contribution in [0.2, 0.25) is 5.02 Å². The van der Waals surface area contributed by atoms with Crippen molar-refractivity contribution in [2.45, 2.75) is 32.5 Å². The zero-order valence-electron chi connectivity index (χ0n) is 19.1. The summed E-state index contributed by atoms with van der Waals surface area (Å²) in [4.78, 5) is 51.2. The summed E-state index contributed by atoms with van der Waals surface area (Å²) >= 11 is 6.20. The Morgan fingerprint density at radius 3 is 2.06 bits per heavy atom. The highest BCUT2D eigenvalue weighted by molar-refractivity contribution is 6.31. The standard InChI is InChI=1S/C27H24ClN3O4/c1-18(32)22(14-19-8-4-2-5-9-19)29-25(33)17-31-24-15-21(28)12-13-23(24)30(26(34)27(31)35)16-20-10-6-3-7-11-20/h2-13,15,22H,14,16-17H2,1H3,(H,29,33). The number of benzene rings is 3. The molecule has 1 N–H and O–H groups in total. The topological polar surface area (TPSA) is 90.2 Å². The molecule has 0 radical (unpaired) electrons. The van der Waals surface area contributed by atoms with E-state index in [9.17, 15) is 19.2 Å². The van der Waals surface area contributed by atoms with E-state index in [1.54, 1.807) is 18.2 Å². The zero-order valence-corrected chi connectivity index (χ0v) is 19.9. The van der Waals surface area contributed by atoms with Crippen molar-refractivity contribution < 1.29 is 9.59 Å². The Hall–Kier alpha value is -3.97. The molecule has 1 unspecified atom stereocenters. The minimum absolute atomic E-state index is 0.198. The number of nitrogens with one attached hydrogen (secondary N) is 1. The van der Waals surface area contributed by atoms with E-state index < -0.39 is 29.6 Å². The van der Waals surface area contributed by atoms with E-state index in [0.717, 1.165) is 15.7 Å². The van der Waals surface area contributed by atoms with Crippen molar-refractivity contribution in [2.24, 2.45) is 0 Å². The molecule has 0 fully saturated rings. The molecule has 1 amide bonds. The first-order valence-corrected chi connectivity index (χ1v) is 11.5. The summed E-state index contributed by atoms with van der Waals surface area (Å²) in [5.41, 5.74) is 0.993. The maximum Gasteiger partial charge on any atom is 0.317 e. The molecule has 4 aromatic rings. The van der Waals surface area contributed by atoms with Gasteiger partial charge in [0.25, 0.3) is 0 Å². The van der Waals surface area contributed by atoms with Gasteiger partial charge in [0.1, 0.15) is 6.54 Å². The van der Waals surface area contributed by atoms with Gasteiger partial charge >= 0.3 is 11.1 Å². The molecule has 7 nitrogen and oxygen atoms in total. The van der Waals surface area contributed by atoms with E-state index in [1.807, 2.05) is 60.7 Å². The van der Waals surface area contributed by atoms with Crippen LogP contribution in [-0.2, 0) is 29.1 Å². The summed E-state index contributed by atoms with van der Waals surface area (Å²) < 4.78 is 2.49. The Kier molecular flexibility index (Phi) is 7.27. The second-order valence-corrected chi connectivity index (χ2v) is 8.76. The molecule has 0 aliphatic rings. The molecule has 1 atom stereocenters. The normalized spacial score (nSPS) is 11.8. The molecule has 0 saturated heterocycles. The van der Waals surface area contributed by atoms with Crippen molar-refractivity contribution in [1.29, 1.82) is 0 Å². The molecule has 35 heavy (non-hydrogen) atoms. The Balaban J connectivity index is 1.68. The van der Waals surface area contributed by atoms with E-state index in [2.05, 4.69) is 5.32 Å². The van der Waals surface area contributed by atoms with Crippen LogP contribution in [-0.4, -0.2) is 26.9 Å². The maximum atomic E-state index is 13.1. The smallest absolute Gasteiger partial charge is 0.317 e. The fourth-order valence-corrected chi connectivity index (χ4v) is 4.17. The summed E-state index contributed by atoms with van der Waals surface area (Å²) in [5, 5.41) is 3.07. The number of rotatable bonds is 8. The number of carbonyl (C=O) groups excluding carboxylic acids is 2. The molecular formula is C27H24ClN3O4. The molecule has 8 heteroatoms. The first-order chi connectivity index (χ1) is 16.8. The molecule has 3 aromatic carbocycles. The lowest BCUT2D eigenvalue weighted by atomic mass is 10.0. The number of aromatic nitrogens is 2. The molecule has 1 aromatic heterocycles. The van der Waals surface area contributed by atoms with Crippen molar-refractivity contribution in [3.63, 3.8) is 0 Å². The predicted molar refractivity (Wildman–Crippen MR) is 136 cm³/mol. The predicted octanol–water partition coefficient (Wildman–Crippen LogP) is 3.18. The van der Waals surface area contributed by atoms with Crippen LogP contribution in [0.4, 0.5) is 0 Å². The largest absolute Gasteiger partial charge is 0.344 e. The van der Waals surface area contributed by atoms with Crippen LogP contribution in [0, 0.1) is 0 Å². The van der Waals surface area contributed by atoms with E-state index in [1.165, 1.54) is 11.5 Å². The average molecular weight is 490 g/mol. The van der Waals surface area contributed by atoms with Crippen molar-refractivity contribution >= 4 is 34.3 Å². The molecule has 0 saturated carbocycles. The summed E-state index contributed by atoms with van der Waals surface area (Å²) in [7, 11) is 0. The molecule has 0 spiro atoms. The van der Waals surface area contributed by atoms with Gasteiger partial charge in [-0.15, -0.1) is 0 Å². The van der Waals surface area contributed by atoms with Gasteiger partial charge in [-0.25, -0.2) is 0 Å². The number of halogens is 1. The number of nitrogens with zero attached hydrogens (tertiary/aromatic N) is 2. The molecule has 4 rings (SSSR count). The number of carbonyl (C=O) groups is 2. The highest BCUT2D eigenvalue weighted by atomic mass is 35.5. The van der Waals surface area contributed by atoms with Crippen LogP contribution in [0.1, 0.15) is 18.1 Å². The van der Waals surface area contributed by atoms with Gasteiger partial charge in [0.05, 0.1) is 23.6 Å². The van der Waals surface area contributed by atoms with E-state index in [-0.39, 0.29) is 12.3 Å². The van der Waals surface area contributed by atoms with Crippen LogP contribution in [0.3, 0.4) is 0 Å². The molecule has 0 aliphatic heterocycles. The molecule has 0 bridgehead atoms. The van der Waals surface area contributed by atoms with E-state index in [0.29, 0.717) is 22.5 Å². The van der Waals surface area contributed by atoms with Crippen molar-refractivity contribution in [3.05, 3.63) is 116 Å². The summed E-state index contributed by atoms with van der Waals surface area (Å²) in [6.07, 6.45) is 0.321. The quantitative estimate of drug-likeness (QED) is 0.385. The number of hydrogen-bond donors (Lipinski definition) is 1. The van der Waals surface area contributed by atoms with Crippen molar-refractivity contribution in [3.8, 4) is 0 Å². The Bertz CT molecular complexity index is 1490. The van der Waals surface area contributed by atoms with Crippen LogP contribution in [0.5, 0.6) is 0 Å². The van der Waals surface area contributed by atoms with Crippen molar-refractivity contribution in [1.82, 2.24) is 14.5 Å². The molecule has 1 heterocycles. The summed E-state index contributed by atoms with van der Waals surface area (Å²) in [5.74, 6) is -0.759. The lowest BCUT2D eigenvalue weighted by molar-refractivity contribution is -0.127. The highest BCUT2D eigenvalue weighted by Crippen LogP contribution is 2.18. The number of fused-ring (bicyclic) bond motifs is 1. The third-order valence-corrected chi connectivity index (χ3v) is 6.02. The molecular weight excluding hydrogens is 466 g/mol. The van der Waals surface area contributed by atoms with Gasteiger partial charge in [0, 0.05) is 5.02 Å². The third-order valence-electron chi connectivity index (χ3n) is 5.79. The average Bonchev–Trinajstić information content (AvgIpc) is 2.85. The SMILES string of the molecule is CC(=O)C(Cc1ccccc1)NC(=O)Cn1c(=O)c(=O)n(Cc2ccccc2)c2ccc(Cl)cc21. The minimum atomic E-state index is -0.840. The number of hydrogen-bond acceptors (Lipinski definition) is 4. The van der Waals surface area contributed by atoms with Gasteiger partial charge in [-0.2, -0.15) is 0 Å².